The minimum absolute atomic E-state index is 0.226. The maximum atomic E-state index is 12.4. The van der Waals surface area contributed by atoms with Crippen molar-refractivity contribution in [2.24, 2.45) is 0 Å². The van der Waals surface area contributed by atoms with Gasteiger partial charge in [0.1, 0.15) is 0 Å². The van der Waals surface area contributed by atoms with Gasteiger partial charge in [-0.2, -0.15) is 0 Å². The first-order valence-electron chi connectivity index (χ1n) is 7.37. The molecule has 0 aliphatic rings. The van der Waals surface area contributed by atoms with E-state index < -0.39 is 0 Å². The van der Waals surface area contributed by atoms with Crippen LogP contribution in [-0.4, -0.2) is 18.0 Å². The third-order valence-corrected chi connectivity index (χ3v) is 4.75. The van der Waals surface area contributed by atoms with Crippen LogP contribution in [0.1, 0.15) is 15.9 Å². The first kappa shape index (κ1) is 17.9. The molecule has 7 heteroatoms. The Bertz CT molecular complexity index is 912. The Morgan fingerprint density at radius 1 is 1.24 bits per heavy atom. The van der Waals surface area contributed by atoms with Gasteiger partial charge in [-0.1, -0.05) is 35.3 Å². The Balaban J connectivity index is 1.78. The van der Waals surface area contributed by atoms with Crippen LogP contribution in [-0.2, 0) is 11.3 Å². The number of nitrogens with one attached hydrogen (secondary N) is 1. The van der Waals surface area contributed by atoms with Crippen molar-refractivity contribution in [2.45, 2.75) is 6.61 Å². The van der Waals surface area contributed by atoms with Crippen LogP contribution >= 0.6 is 34.5 Å². The SMILES string of the molecule is COCc1cccc(C(=O)Nc2nc(-c3cc(Cl)ccc3Cl)cs2)c1. The second-order valence-electron chi connectivity index (χ2n) is 5.25. The Morgan fingerprint density at radius 3 is 2.88 bits per heavy atom. The molecule has 4 nitrogen and oxygen atoms in total. The molecule has 0 aliphatic heterocycles. The van der Waals surface area contributed by atoms with E-state index in [1.165, 1.54) is 11.3 Å². The molecule has 0 fully saturated rings. The quantitative estimate of drug-likeness (QED) is 0.621. The number of anilines is 1. The van der Waals surface area contributed by atoms with Gasteiger partial charge in [-0.3, -0.25) is 10.1 Å². The fourth-order valence-corrected chi connectivity index (χ4v) is 3.38. The lowest BCUT2D eigenvalue weighted by Gasteiger charge is -2.05. The van der Waals surface area contributed by atoms with Gasteiger partial charge in [0.25, 0.3) is 5.91 Å². The Labute approximate surface area is 159 Å². The molecule has 0 spiro atoms. The van der Waals surface area contributed by atoms with Crippen molar-refractivity contribution < 1.29 is 9.53 Å². The van der Waals surface area contributed by atoms with Crippen LogP contribution in [0.3, 0.4) is 0 Å². The van der Waals surface area contributed by atoms with Gasteiger partial charge in [0.2, 0.25) is 0 Å². The summed E-state index contributed by atoms with van der Waals surface area (Å²) in [6.45, 7) is 0.454. The van der Waals surface area contributed by atoms with Gasteiger partial charge in [0.05, 0.1) is 17.3 Å². The fourth-order valence-electron chi connectivity index (χ4n) is 2.29. The lowest BCUT2D eigenvalue weighted by atomic mass is 10.1. The second-order valence-corrected chi connectivity index (χ2v) is 6.95. The molecular formula is C18H14Cl2N2O2S. The Kier molecular flexibility index (Phi) is 5.71. The van der Waals surface area contributed by atoms with Crippen molar-refractivity contribution in [1.29, 1.82) is 0 Å². The summed E-state index contributed by atoms with van der Waals surface area (Å²) in [6.07, 6.45) is 0. The van der Waals surface area contributed by atoms with E-state index in [0.717, 1.165) is 11.1 Å². The van der Waals surface area contributed by atoms with Crippen molar-refractivity contribution in [2.75, 3.05) is 12.4 Å². The molecule has 3 rings (SSSR count). The maximum Gasteiger partial charge on any atom is 0.257 e. The minimum atomic E-state index is -0.226. The first-order valence-corrected chi connectivity index (χ1v) is 9.00. The molecule has 0 bridgehead atoms. The zero-order valence-corrected chi connectivity index (χ0v) is 15.6. The minimum Gasteiger partial charge on any atom is -0.380 e. The monoisotopic (exact) mass is 392 g/mol. The third-order valence-electron chi connectivity index (χ3n) is 3.43. The normalized spacial score (nSPS) is 10.7. The molecule has 1 amide bonds. The predicted octanol–water partition coefficient (Wildman–Crippen LogP) is 5.52. The zero-order chi connectivity index (χ0) is 17.8. The molecule has 1 heterocycles. The van der Waals surface area contributed by atoms with E-state index in [0.29, 0.717) is 33.0 Å². The molecule has 0 radical (unpaired) electrons. The Hall–Kier alpha value is -1.92. The molecule has 2 aromatic carbocycles. The van der Waals surface area contributed by atoms with Crippen LogP contribution in [0.25, 0.3) is 11.3 Å². The highest BCUT2D eigenvalue weighted by Gasteiger charge is 2.12. The molecule has 0 unspecified atom stereocenters. The molecule has 1 N–H and O–H groups in total. The molecule has 0 aliphatic carbocycles. The van der Waals surface area contributed by atoms with Crippen molar-refractivity contribution in [1.82, 2.24) is 4.98 Å². The number of carbonyl (C=O) groups is 1. The molecule has 1 aromatic heterocycles. The van der Waals surface area contributed by atoms with E-state index in [1.54, 1.807) is 37.4 Å². The van der Waals surface area contributed by atoms with Crippen molar-refractivity contribution in [3.63, 3.8) is 0 Å². The number of benzene rings is 2. The van der Waals surface area contributed by atoms with E-state index in [4.69, 9.17) is 27.9 Å². The lowest BCUT2D eigenvalue weighted by molar-refractivity contribution is 0.102. The van der Waals surface area contributed by atoms with Crippen LogP contribution in [0.5, 0.6) is 0 Å². The van der Waals surface area contributed by atoms with E-state index in [9.17, 15) is 4.79 Å². The van der Waals surface area contributed by atoms with Crippen LogP contribution in [0, 0.1) is 0 Å². The number of rotatable bonds is 5. The summed E-state index contributed by atoms with van der Waals surface area (Å²) in [5.41, 5.74) is 2.88. The van der Waals surface area contributed by atoms with Gasteiger partial charge in [0.15, 0.2) is 5.13 Å². The number of amides is 1. The summed E-state index contributed by atoms with van der Waals surface area (Å²) in [6, 6.07) is 12.5. The lowest BCUT2D eigenvalue weighted by Crippen LogP contribution is -2.12. The highest BCUT2D eigenvalue weighted by Crippen LogP contribution is 2.32. The molecule has 0 atom stereocenters. The average molecular weight is 393 g/mol. The highest BCUT2D eigenvalue weighted by atomic mass is 35.5. The number of carbonyl (C=O) groups excluding carboxylic acids is 1. The highest BCUT2D eigenvalue weighted by molar-refractivity contribution is 7.14. The summed E-state index contributed by atoms with van der Waals surface area (Å²) in [7, 11) is 1.62. The number of nitrogens with zero attached hydrogens (tertiary/aromatic N) is 1. The van der Waals surface area contributed by atoms with E-state index in [1.807, 2.05) is 17.5 Å². The largest absolute Gasteiger partial charge is 0.380 e. The predicted molar refractivity (Wildman–Crippen MR) is 103 cm³/mol. The van der Waals surface area contributed by atoms with Crippen LogP contribution in [0.2, 0.25) is 10.0 Å². The van der Waals surface area contributed by atoms with Gasteiger partial charge >= 0.3 is 0 Å². The standard InChI is InChI=1S/C18H14Cl2N2O2S/c1-24-9-11-3-2-4-12(7-11)17(23)22-18-21-16(10-25-18)14-8-13(19)5-6-15(14)20/h2-8,10H,9H2,1H3,(H,21,22,23). The van der Waals surface area contributed by atoms with Crippen LogP contribution in [0.4, 0.5) is 5.13 Å². The number of ether oxygens (including phenoxy) is 1. The first-order chi connectivity index (χ1) is 12.1. The number of hydrogen-bond acceptors (Lipinski definition) is 4. The fraction of sp³-hybridized carbons (Fsp3) is 0.111. The van der Waals surface area contributed by atoms with E-state index in [2.05, 4.69) is 10.3 Å². The topological polar surface area (TPSA) is 51.2 Å². The van der Waals surface area contributed by atoms with Crippen LogP contribution < -0.4 is 5.32 Å². The third kappa shape index (κ3) is 4.38. The number of thiazole rings is 1. The Morgan fingerprint density at radius 2 is 2.08 bits per heavy atom. The molecular weight excluding hydrogens is 379 g/mol. The molecule has 0 saturated carbocycles. The van der Waals surface area contributed by atoms with Gasteiger partial charge in [0, 0.05) is 28.6 Å². The van der Waals surface area contributed by atoms with Gasteiger partial charge in [-0.25, -0.2) is 4.98 Å². The second kappa shape index (κ2) is 7.97. The number of hydrogen-bond donors (Lipinski definition) is 1. The number of halogens is 2. The van der Waals surface area contributed by atoms with Gasteiger partial charge in [-0.15, -0.1) is 11.3 Å². The van der Waals surface area contributed by atoms with Crippen molar-refractivity contribution in [3.8, 4) is 11.3 Å². The summed E-state index contributed by atoms with van der Waals surface area (Å²) >= 11 is 13.5. The molecule has 3 aromatic rings. The van der Waals surface area contributed by atoms with Gasteiger partial charge in [-0.05, 0) is 35.9 Å². The summed E-state index contributed by atoms with van der Waals surface area (Å²) < 4.78 is 5.09. The van der Waals surface area contributed by atoms with E-state index >= 15 is 0 Å². The molecule has 25 heavy (non-hydrogen) atoms. The zero-order valence-electron chi connectivity index (χ0n) is 13.3. The molecule has 128 valence electrons. The maximum absolute atomic E-state index is 12.4. The smallest absolute Gasteiger partial charge is 0.257 e. The van der Waals surface area contributed by atoms with E-state index in [-0.39, 0.29) is 5.91 Å². The van der Waals surface area contributed by atoms with Crippen LogP contribution in [0.15, 0.2) is 47.8 Å². The van der Waals surface area contributed by atoms with Gasteiger partial charge < -0.3 is 4.74 Å². The summed E-state index contributed by atoms with van der Waals surface area (Å²) in [5.74, 6) is -0.226. The molecule has 0 saturated heterocycles. The number of methoxy groups -OCH3 is 1. The van der Waals surface area contributed by atoms with Crippen molar-refractivity contribution in [3.05, 3.63) is 69.0 Å². The number of aromatic nitrogens is 1. The average Bonchev–Trinajstić information content (AvgIpc) is 3.06. The summed E-state index contributed by atoms with van der Waals surface area (Å²) in [5, 5.41) is 6.26. The summed E-state index contributed by atoms with van der Waals surface area (Å²) in [4.78, 5) is 16.8. The van der Waals surface area contributed by atoms with Crippen molar-refractivity contribution >= 4 is 45.6 Å².